The van der Waals surface area contributed by atoms with E-state index in [-0.39, 0.29) is 11.9 Å². The van der Waals surface area contributed by atoms with Crippen LogP contribution in [0.2, 0.25) is 0 Å². The second-order valence-electron chi connectivity index (χ2n) is 4.69. The van der Waals surface area contributed by atoms with Gasteiger partial charge in [-0.3, -0.25) is 4.79 Å². The lowest BCUT2D eigenvalue weighted by atomic mass is 10.2. The van der Waals surface area contributed by atoms with Gasteiger partial charge in [-0.05, 0) is 13.3 Å². The minimum Gasteiger partial charge on any atom is -0.373 e. The third-order valence-corrected chi connectivity index (χ3v) is 3.28. The molecule has 6 nitrogen and oxygen atoms in total. The molecular weight excluding hydrogens is 242 g/mol. The molecule has 0 saturated carbocycles. The van der Waals surface area contributed by atoms with Crippen molar-refractivity contribution in [1.29, 1.82) is 0 Å². The Morgan fingerprint density at radius 2 is 2.32 bits per heavy atom. The summed E-state index contributed by atoms with van der Waals surface area (Å²) in [5.41, 5.74) is 0. The maximum atomic E-state index is 11.7. The van der Waals surface area contributed by atoms with Crippen LogP contribution in [0.1, 0.15) is 26.1 Å². The van der Waals surface area contributed by atoms with Crippen LogP contribution in [0.25, 0.3) is 0 Å². The first-order chi connectivity index (χ1) is 9.15. The Balaban J connectivity index is 2.31. The fraction of sp³-hybridized carbons (Fsp3) is 0.615. The molecule has 1 aliphatic heterocycles. The van der Waals surface area contributed by atoms with Gasteiger partial charge in [-0.25, -0.2) is 9.97 Å². The molecule has 2 heterocycles. The average Bonchev–Trinajstić information content (AvgIpc) is 2.42. The number of nitrogens with one attached hydrogen (secondary N) is 2. The van der Waals surface area contributed by atoms with Gasteiger partial charge < -0.3 is 15.5 Å². The summed E-state index contributed by atoms with van der Waals surface area (Å²) in [5, 5.41) is 5.91. The normalized spacial score (nSPS) is 19.2. The first-order valence-electron chi connectivity index (χ1n) is 6.75. The molecule has 19 heavy (non-hydrogen) atoms. The highest BCUT2D eigenvalue weighted by atomic mass is 16.2. The zero-order chi connectivity index (χ0) is 13.8. The maximum Gasteiger partial charge on any atom is 0.242 e. The Morgan fingerprint density at radius 3 is 3.00 bits per heavy atom. The Labute approximate surface area is 113 Å². The second kappa shape index (κ2) is 5.86. The number of piperazine rings is 1. The van der Waals surface area contributed by atoms with Crippen molar-refractivity contribution in [3.05, 3.63) is 11.9 Å². The first-order valence-corrected chi connectivity index (χ1v) is 6.75. The lowest BCUT2D eigenvalue weighted by molar-refractivity contribution is -0.122. The van der Waals surface area contributed by atoms with E-state index in [2.05, 4.69) is 27.5 Å². The van der Waals surface area contributed by atoms with Gasteiger partial charge in [0, 0.05) is 32.6 Å². The van der Waals surface area contributed by atoms with Crippen LogP contribution in [-0.4, -0.2) is 42.1 Å². The molecule has 0 radical (unpaired) electrons. The molecule has 104 valence electrons. The van der Waals surface area contributed by atoms with Crippen LogP contribution in [0.4, 0.5) is 11.6 Å². The fourth-order valence-corrected chi connectivity index (χ4v) is 2.19. The average molecular weight is 263 g/mol. The van der Waals surface area contributed by atoms with E-state index in [1.165, 1.54) is 0 Å². The van der Waals surface area contributed by atoms with Gasteiger partial charge in [-0.15, -0.1) is 0 Å². The summed E-state index contributed by atoms with van der Waals surface area (Å²) in [6, 6.07) is 1.71. The van der Waals surface area contributed by atoms with Gasteiger partial charge in [0.05, 0.1) is 0 Å². The van der Waals surface area contributed by atoms with Crippen LogP contribution in [0.3, 0.4) is 0 Å². The second-order valence-corrected chi connectivity index (χ2v) is 4.69. The molecule has 2 rings (SSSR count). The van der Waals surface area contributed by atoms with Gasteiger partial charge in [-0.1, -0.05) is 6.92 Å². The summed E-state index contributed by atoms with van der Waals surface area (Å²) in [4.78, 5) is 22.8. The minimum absolute atomic E-state index is 0.0490. The smallest absolute Gasteiger partial charge is 0.242 e. The fourth-order valence-electron chi connectivity index (χ4n) is 2.19. The molecule has 0 aromatic carbocycles. The van der Waals surface area contributed by atoms with Crippen molar-refractivity contribution in [3.8, 4) is 0 Å². The van der Waals surface area contributed by atoms with Crippen molar-refractivity contribution in [2.24, 2.45) is 0 Å². The maximum absolute atomic E-state index is 11.7. The summed E-state index contributed by atoms with van der Waals surface area (Å²) in [5.74, 6) is 2.49. The summed E-state index contributed by atoms with van der Waals surface area (Å²) in [6.07, 6.45) is 1.85. The van der Waals surface area contributed by atoms with Crippen molar-refractivity contribution in [2.45, 2.75) is 32.7 Å². The molecule has 1 amide bonds. The number of aryl methyl sites for hydroxylation is 1. The zero-order valence-electron chi connectivity index (χ0n) is 11.7. The predicted octanol–water partition coefficient (Wildman–Crippen LogP) is 0.795. The molecule has 0 bridgehead atoms. The number of rotatable bonds is 4. The molecule has 1 aromatic rings. The third kappa shape index (κ3) is 2.94. The van der Waals surface area contributed by atoms with Crippen molar-refractivity contribution < 1.29 is 4.79 Å². The van der Waals surface area contributed by atoms with Gasteiger partial charge in [-0.2, -0.15) is 0 Å². The van der Waals surface area contributed by atoms with Gasteiger partial charge in [0.2, 0.25) is 5.91 Å². The molecule has 6 heteroatoms. The van der Waals surface area contributed by atoms with Crippen LogP contribution in [0.5, 0.6) is 0 Å². The lowest BCUT2D eigenvalue weighted by Gasteiger charge is -2.34. The van der Waals surface area contributed by atoms with E-state index in [4.69, 9.17) is 0 Å². The SMILES string of the molecule is CCCc1nc(NC)cc(N2CCNC(=O)C2C)n1. The van der Waals surface area contributed by atoms with Crippen molar-refractivity contribution in [3.63, 3.8) is 0 Å². The van der Waals surface area contributed by atoms with Crippen molar-refractivity contribution in [1.82, 2.24) is 15.3 Å². The quantitative estimate of drug-likeness (QED) is 0.840. The van der Waals surface area contributed by atoms with E-state index in [9.17, 15) is 4.79 Å². The first kappa shape index (κ1) is 13.6. The zero-order valence-corrected chi connectivity index (χ0v) is 11.7. The molecule has 2 N–H and O–H groups in total. The lowest BCUT2D eigenvalue weighted by Crippen LogP contribution is -2.54. The summed E-state index contributed by atoms with van der Waals surface area (Å²) in [7, 11) is 1.84. The monoisotopic (exact) mass is 263 g/mol. The molecule has 0 aliphatic carbocycles. The van der Waals surface area contributed by atoms with Crippen LogP contribution in [0.15, 0.2) is 6.07 Å². The number of anilines is 2. The van der Waals surface area contributed by atoms with E-state index >= 15 is 0 Å². The molecule has 1 fully saturated rings. The molecule has 1 saturated heterocycles. The standard InChI is InChI=1S/C13H21N5O/c1-4-5-10-16-11(14-3)8-12(17-10)18-7-6-15-13(19)9(18)2/h8-9H,4-7H2,1-3H3,(H,15,19)(H,14,16,17). The van der Waals surface area contributed by atoms with E-state index in [0.717, 1.165) is 36.8 Å². The topological polar surface area (TPSA) is 70.2 Å². The number of hydrogen-bond donors (Lipinski definition) is 2. The van der Waals surface area contributed by atoms with E-state index in [1.54, 1.807) is 0 Å². The summed E-state index contributed by atoms with van der Waals surface area (Å²) in [6.45, 7) is 5.44. The van der Waals surface area contributed by atoms with E-state index in [1.807, 2.05) is 24.9 Å². The van der Waals surface area contributed by atoms with E-state index in [0.29, 0.717) is 6.54 Å². The Bertz CT molecular complexity index is 462. The number of amides is 1. The molecule has 1 unspecified atom stereocenters. The number of carbonyl (C=O) groups excluding carboxylic acids is 1. The minimum atomic E-state index is -0.192. The number of hydrogen-bond acceptors (Lipinski definition) is 5. The molecule has 1 aromatic heterocycles. The largest absolute Gasteiger partial charge is 0.373 e. The Morgan fingerprint density at radius 1 is 1.53 bits per heavy atom. The highest BCUT2D eigenvalue weighted by Crippen LogP contribution is 2.20. The molecule has 0 spiro atoms. The molecular formula is C13H21N5O. The van der Waals surface area contributed by atoms with Gasteiger partial charge in [0.25, 0.3) is 0 Å². The van der Waals surface area contributed by atoms with Crippen molar-refractivity contribution in [2.75, 3.05) is 30.4 Å². The highest BCUT2D eigenvalue weighted by molar-refractivity contribution is 5.85. The van der Waals surface area contributed by atoms with Crippen molar-refractivity contribution >= 4 is 17.5 Å². The van der Waals surface area contributed by atoms with Crippen LogP contribution in [0, 0.1) is 0 Å². The predicted molar refractivity (Wildman–Crippen MR) is 75.4 cm³/mol. The number of nitrogens with zero attached hydrogens (tertiary/aromatic N) is 3. The number of aromatic nitrogens is 2. The van der Waals surface area contributed by atoms with Gasteiger partial charge >= 0.3 is 0 Å². The van der Waals surface area contributed by atoms with Crippen LogP contribution >= 0.6 is 0 Å². The van der Waals surface area contributed by atoms with Crippen LogP contribution < -0.4 is 15.5 Å². The van der Waals surface area contributed by atoms with Gasteiger partial charge in [0.15, 0.2) is 0 Å². The highest BCUT2D eigenvalue weighted by Gasteiger charge is 2.27. The summed E-state index contributed by atoms with van der Waals surface area (Å²) < 4.78 is 0. The Kier molecular flexibility index (Phi) is 4.19. The molecule has 1 atom stereocenters. The Hall–Kier alpha value is -1.85. The van der Waals surface area contributed by atoms with Crippen LogP contribution in [-0.2, 0) is 11.2 Å². The third-order valence-electron chi connectivity index (χ3n) is 3.28. The van der Waals surface area contributed by atoms with Gasteiger partial charge in [0.1, 0.15) is 23.5 Å². The molecule has 1 aliphatic rings. The van der Waals surface area contributed by atoms with E-state index < -0.39 is 0 Å². The number of carbonyl (C=O) groups is 1. The summed E-state index contributed by atoms with van der Waals surface area (Å²) >= 11 is 0.